The van der Waals surface area contributed by atoms with Gasteiger partial charge in [0.05, 0.1) is 0 Å². The Morgan fingerprint density at radius 3 is 1.60 bits per heavy atom. The van der Waals surface area contributed by atoms with E-state index in [1.54, 1.807) is 12.2 Å². The van der Waals surface area contributed by atoms with E-state index in [0.717, 1.165) is 0 Å². The van der Waals surface area contributed by atoms with Crippen molar-refractivity contribution in [1.82, 2.24) is 0 Å². The molecule has 0 radical (unpaired) electrons. The van der Waals surface area contributed by atoms with Crippen LogP contribution in [0.5, 0.6) is 0 Å². The molecule has 1 rings (SSSR count). The van der Waals surface area contributed by atoms with E-state index in [1.807, 2.05) is 13.8 Å². The highest BCUT2D eigenvalue weighted by Crippen LogP contribution is 2.36. The van der Waals surface area contributed by atoms with Crippen LogP contribution < -0.4 is 0 Å². The fraction of sp³-hybridized carbons (Fsp3) is 0.636. The SMILES string of the molecule is CC(=O)O[C@H]1C=C[C@@H](OC(C)=O)C1(C)C. The minimum atomic E-state index is -0.405. The van der Waals surface area contributed by atoms with Crippen molar-refractivity contribution in [2.24, 2.45) is 5.41 Å². The first-order valence-electron chi connectivity index (χ1n) is 4.87. The molecule has 0 saturated heterocycles. The average Bonchev–Trinajstić information content (AvgIpc) is 2.30. The van der Waals surface area contributed by atoms with E-state index in [0.29, 0.717) is 0 Å². The fourth-order valence-corrected chi connectivity index (χ4v) is 1.60. The summed E-state index contributed by atoms with van der Waals surface area (Å²) in [6, 6.07) is 0. The lowest BCUT2D eigenvalue weighted by molar-refractivity contribution is -0.157. The molecule has 0 N–H and O–H groups in total. The van der Waals surface area contributed by atoms with Crippen LogP contribution in [0.3, 0.4) is 0 Å². The summed E-state index contributed by atoms with van der Waals surface area (Å²) in [6.07, 6.45) is 2.85. The van der Waals surface area contributed by atoms with Crippen molar-refractivity contribution in [1.29, 1.82) is 0 Å². The summed E-state index contributed by atoms with van der Waals surface area (Å²) in [5.74, 6) is -0.664. The Kier molecular flexibility index (Phi) is 3.17. The Hall–Kier alpha value is -1.32. The molecule has 0 bridgehead atoms. The van der Waals surface area contributed by atoms with Crippen LogP contribution in [0.15, 0.2) is 12.2 Å². The summed E-state index contributed by atoms with van der Waals surface area (Å²) >= 11 is 0. The second kappa shape index (κ2) is 4.04. The zero-order valence-electron chi connectivity index (χ0n) is 9.44. The van der Waals surface area contributed by atoms with Gasteiger partial charge >= 0.3 is 11.9 Å². The third kappa shape index (κ3) is 2.58. The van der Waals surface area contributed by atoms with Crippen LogP contribution in [-0.4, -0.2) is 24.1 Å². The first kappa shape index (κ1) is 11.8. The topological polar surface area (TPSA) is 52.6 Å². The smallest absolute Gasteiger partial charge is 0.303 e. The summed E-state index contributed by atoms with van der Waals surface area (Å²) < 4.78 is 10.2. The summed E-state index contributed by atoms with van der Waals surface area (Å²) in [7, 11) is 0. The van der Waals surface area contributed by atoms with Crippen molar-refractivity contribution < 1.29 is 19.1 Å². The largest absolute Gasteiger partial charge is 0.458 e. The molecule has 0 aromatic carbocycles. The third-order valence-electron chi connectivity index (χ3n) is 2.51. The Bertz CT molecular complexity index is 276. The van der Waals surface area contributed by atoms with Gasteiger partial charge in [0.2, 0.25) is 0 Å². The lowest BCUT2D eigenvalue weighted by atomic mass is 9.86. The highest BCUT2D eigenvalue weighted by Gasteiger charge is 2.43. The average molecular weight is 212 g/mol. The van der Waals surface area contributed by atoms with Crippen LogP contribution in [-0.2, 0) is 19.1 Å². The minimum absolute atomic E-state index is 0.332. The summed E-state index contributed by atoms with van der Waals surface area (Å²) in [5, 5.41) is 0. The number of carbonyl (C=O) groups excluding carboxylic acids is 2. The molecule has 0 saturated carbocycles. The zero-order chi connectivity index (χ0) is 11.6. The van der Waals surface area contributed by atoms with Crippen molar-refractivity contribution in [2.45, 2.75) is 39.9 Å². The molecule has 15 heavy (non-hydrogen) atoms. The molecule has 4 nitrogen and oxygen atoms in total. The first-order valence-corrected chi connectivity index (χ1v) is 4.87. The lowest BCUT2D eigenvalue weighted by Crippen LogP contribution is -2.38. The van der Waals surface area contributed by atoms with Crippen molar-refractivity contribution >= 4 is 11.9 Å². The molecule has 0 aliphatic heterocycles. The molecule has 1 aliphatic carbocycles. The maximum Gasteiger partial charge on any atom is 0.303 e. The van der Waals surface area contributed by atoms with Crippen LogP contribution >= 0.6 is 0 Å². The van der Waals surface area contributed by atoms with E-state index >= 15 is 0 Å². The molecule has 84 valence electrons. The van der Waals surface area contributed by atoms with Crippen LogP contribution in [0.4, 0.5) is 0 Å². The fourth-order valence-electron chi connectivity index (χ4n) is 1.60. The number of hydrogen-bond acceptors (Lipinski definition) is 4. The molecule has 1 aliphatic rings. The molecule has 0 heterocycles. The van der Waals surface area contributed by atoms with Crippen LogP contribution in [0, 0.1) is 5.41 Å². The van der Waals surface area contributed by atoms with Crippen molar-refractivity contribution in [3.8, 4) is 0 Å². The van der Waals surface area contributed by atoms with Crippen LogP contribution in [0.2, 0.25) is 0 Å². The number of ether oxygens (including phenoxy) is 2. The van der Waals surface area contributed by atoms with E-state index in [1.165, 1.54) is 13.8 Å². The van der Waals surface area contributed by atoms with Gasteiger partial charge in [0.15, 0.2) is 0 Å². The monoisotopic (exact) mass is 212 g/mol. The Morgan fingerprint density at radius 2 is 1.33 bits per heavy atom. The summed E-state index contributed by atoms with van der Waals surface area (Å²) in [4.78, 5) is 21.7. The van der Waals surface area contributed by atoms with Gasteiger partial charge < -0.3 is 9.47 Å². The molecule has 0 fully saturated rings. The Labute approximate surface area is 89.2 Å². The predicted molar refractivity (Wildman–Crippen MR) is 54.0 cm³/mol. The third-order valence-corrected chi connectivity index (χ3v) is 2.51. The molecular weight excluding hydrogens is 196 g/mol. The number of carbonyl (C=O) groups is 2. The van der Waals surface area contributed by atoms with E-state index in [4.69, 9.17) is 9.47 Å². The molecule has 0 unspecified atom stereocenters. The second-order valence-electron chi connectivity index (χ2n) is 4.27. The van der Waals surface area contributed by atoms with E-state index in [2.05, 4.69) is 0 Å². The van der Waals surface area contributed by atoms with Gasteiger partial charge in [-0.3, -0.25) is 9.59 Å². The van der Waals surface area contributed by atoms with Gasteiger partial charge in [-0.1, -0.05) is 13.8 Å². The molecule has 0 amide bonds. The van der Waals surface area contributed by atoms with Gasteiger partial charge in [0, 0.05) is 19.3 Å². The number of esters is 2. The maximum absolute atomic E-state index is 10.9. The molecule has 0 spiro atoms. The normalized spacial score (nSPS) is 27.5. The quantitative estimate of drug-likeness (QED) is 0.513. The van der Waals surface area contributed by atoms with Crippen LogP contribution in [0.1, 0.15) is 27.7 Å². The van der Waals surface area contributed by atoms with Crippen molar-refractivity contribution in [2.75, 3.05) is 0 Å². The first-order chi connectivity index (χ1) is 6.84. The predicted octanol–water partition coefficient (Wildman–Crippen LogP) is 1.45. The van der Waals surface area contributed by atoms with Crippen LogP contribution in [0.25, 0.3) is 0 Å². The van der Waals surface area contributed by atoms with Gasteiger partial charge in [-0.15, -0.1) is 0 Å². The molecule has 0 aromatic heterocycles. The molecule has 0 aromatic rings. The molecule has 4 heteroatoms. The van der Waals surface area contributed by atoms with Gasteiger partial charge in [-0.25, -0.2) is 0 Å². The Balaban J connectivity index is 2.71. The summed E-state index contributed by atoms with van der Waals surface area (Å²) in [5.41, 5.74) is -0.405. The standard InChI is InChI=1S/C11H16O4/c1-7(12)14-9-5-6-10(11(9,3)4)15-8(2)13/h5-6,9-10H,1-4H3/t9-,10+. The molecule has 2 atom stereocenters. The second-order valence-corrected chi connectivity index (χ2v) is 4.27. The van der Waals surface area contributed by atoms with Crippen molar-refractivity contribution in [3.63, 3.8) is 0 Å². The highest BCUT2D eigenvalue weighted by molar-refractivity contribution is 5.67. The van der Waals surface area contributed by atoms with E-state index in [-0.39, 0.29) is 24.1 Å². The minimum Gasteiger partial charge on any atom is -0.458 e. The summed E-state index contributed by atoms with van der Waals surface area (Å²) in [6.45, 7) is 6.52. The maximum atomic E-state index is 10.9. The van der Waals surface area contributed by atoms with E-state index in [9.17, 15) is 9.59 Å². The van der Waals surface area contributed by atoms with E-state index < -0.39 is 5.41 Å². The van der Waals surface area contributed by atoms with Gasteiger partial charge in [-0.05, 0) is 12.2 Å². The van der Waals surface area contributed by atoms with Gasteiger partial charge in [0.25, 0.3) is 0 Å². The number of hydrogen-bond donors (Lipinski definition) is 0. The Morgan fingerprint density at radius 1 is 1.00 bits per heavy atom. The van der Waals surface area contributed by atoms with Gasteiger partial charge in [0.1, 0.15) is 12.2 Å². The van der Waals surface area contributed by atoms with Crippen molar-refractivity contribution in [3.05, 3.63) is 12.2 Å². The highest BCUT2D eigenvalue weighted by atomic mass is 16.6. The molecular formula is C11H16O4. The number of rotatable bonds is 2. The zero-order valence-corrected chi connectivity index (χ0v) is 9.44. The van der Waals surface area contributed by atoms with Gasteiger partial charge in [-0.2, -0.15) is 0 Å². The lowest BCUT2D eigenvalue weighted by Gasteiger charge is -2.31.